The standard InChI is InChI=1S/C14H20FNO2S/c1-14(2,3)19-9-8-16-13(17)10-18-12-7-5-4-6-11(12)15/h4-7H,8-10H2,1-3H3,(H,16,17). The minimum absolute atomic E-state index is 0.0988. The summed E-state index contributed by atoms with van der Waals surface area (Å²) >= 11 is 1.78. The molecule has 0 bridgehead atoms. The first-order valence-electron chi connectivity index (χ1n) is 6.16. The minimum Gasteiger partial charge on any atom is -0.481 e. The number of nitrogens with one attached hydrogen (secondary N) is 1. The molecule has 106 valence electrons. The van der Waals surface area contributed by atoms with Gasteiger partial charge in [0, 0.05) is 17.0 Å². The van der Waals surface area contributed by atoms with Crippen LogP contribution >= 0.6 is 11.8 Å². The second-order valence-electron chi connectivity index (χ2n) is 5.03. The van der Waals surface area contributed by atoms with Crippen molar-refractivity contribution in [3.05, 3.63) is 30.1 Å². The number of carbonyl (C=O) groups is 1. The lowest BCUT2D eigenvalue weighted by atomic mass is 10.3. The number of carbonyl (C=O) groups excluding carboxylic acids is 1. The van der Waals surface area contributed by atoms with Crippen molar-refractivity contribution in [1.82, 2.24) is 5.32 Å². The van der Waals surface area contributed by atoms with Gasteiger partial charge in [0.1, 0.15) is 0 Å². The van der Waals surface area contributed by atoms with Gasteiger partial charge in [-0.1, -0.05) is 32.9 Å². The molecule has 19 heavy (non-hydrogen) atoms. The second-order valence-corrected chi connectivity index (χ2v) is 6.95. The third-order valence-electron chi connectivity index (χ3n) is 2.15. The molecule has 1 aromatic rings. The molecule has 0 saturated carbocycles. The molecule has 1 rings (SSSR count). The monoisotopic (exact) mass is 285 g/mol. The zero-order valence-electron chi connectivity index (χ0n) is 11.5. The van der Waals surface area contributed by atoms with Crippen LogP contribution in [0, 0.1) is 5.82 Å². The summed E-state index contributed by atoms with van der Waals surface area (Å²) in [5.41, 5.74) is 0. The van der Waals surface area contributed by atoms with E-state index in [1.165, 1.54) is 12.1 Å². The van der Waals surface area contributed by atoms with Gasteiger partial charge in [-0.05, 0) is 12.1 Å². The van der Waals surface area contributed by atoms with Crippen molar-refractivity contribution < 1.29 is 13.9 Å². The van der Waals surface area contributed by atoms with Gasteiger partial charge in [0.15, 0.2) is 18.2 Å². The Balaban J connectivity index is 2.20. The Kier molecular flexibility index (Phi) is 6.15. The van der Waals surface area contributed by atoms with Gasteiger partial charge in [0.2, 0.25) is 0 Å². The van der Waals surface area contributed by atoms with E-state index >= 15 is 0 Å². The molecule has 0 aliphatic carbocycles. The summed E-state index contributed by atoms with van der Waals surface area (Å²) < 4.78 is 18.5. The lowest BCUT2D eigenvalue weighted by molar-refractivity contribution is -0.123. The van der Waals surface area contributed by atoms with Crippen LogP contribution in [0.25, 0.3) is 0 Å². The molecule has 0 aliphatic rings. The topological polar surface area (TPSA) is 38.3 Å². The van der Waals surface area contributed by atoms with E-state index in [1.54, 1.807) is 23.9 Å². The maximum absolute atomic E-state index is 13.2. The SMILES string of the molecule is CC(C)(C)SCCNC(=O)COc1ccccc1F. The summed E-state index contributed by atoms with van der Waals surface area (Å²) in [7, 11) is 0. The number of rotatable bonds is 6. The quantitative estimate of drug-likeness (QED) is 0.817. The van der Waals surface area contributed by atoms with Crippen LogP contribution in [0.1, 0.15) is 20.8 Å². The van der Waals surface area contributed by atoms with E-state index in [1.807, 2.05) is 0 Å². The zero-order valence-corrected chi connectivity index (χ0v) is 12.3. The van der Waals surface area contributed by atoms with Crippen LogP contribution in [0.4, 0.5) is 4.39 Å². The van der Waals surface area contributed by atoms with Gasteiger partial charge in [-0.15, -0.1) is 0 Å². The predicted molar refractivity (Wildman–Crippen MR) is 77.1 cm³/mol. The fourth-order valence-corrected chi connectivity index (χ4v) is 2.12. The molecule has 0 atom stereocenters. The van der Waals surface area contributed by atoms with Crippen LogP contribution in [0.3, 0.4) is 0 Å². The summed E-state index contributed by atoms with van der Waals surface area (Å²) in [6.45, 7) is 6.80. The molecule has 0 fully saturated rings. The molecule has 0 radical (unpaired) electrons. The van der Waals surface area contributed by atoms with Gasteiger partial charge in [-0.3, -0.25) is 4.79 Å². The molecular formula is C14H20FNO2S. The number of ether oxygens (including phenoxy) is 1. The van der Waals surface area contributed by atoms with Crippen LogP contribution in [-0.2, 0) is 4.79 Å². The Bertz CT molecular complexity index is 418. The van der Waals surface area contributed by atoms with Crippen LogP contribution < -0.4 is 10.1 Å². The lowest BCUT2D eigenvalue weighted by Gasteiger charge is -2.17. The summed E-state index contributed by atoms with van der Waals surface area (Å²) in [6, 6.07) is 6.04. The maximum atomic E-state index is 13.2. The van der Waals surface area contributed by atoms with Gasteiger partial charge in [0.25, 0.3) is 5.91 Å². The molecule has 1 aromatic carbocycles. The van der Waals surface area contributed by atoms with Crippen molar-refractivity contribution in [2.24, 2.45) is 0 Å². The number of benzene rings is 1. The van der Waals surface area contributed by atoms with E-state index in [4.69, 9.17) is 4.74 Å². The number of hydrogen-bond donors (Lipinski definition) is 1. The smallest absolute Gasteiger partial charge is 0.257 e. The largest absolute Gasteiger partial charge is 0.481 e. The fourth-order valence-electron chi connectivity index (χ4n) is 1.30. The zero-order chi connectivity index (χ0) is 14.3. The number of para-hydroxylation sites is 1. The molecule has 0 spiro atoms. The Morgan fingerprint density at radius 2 is 2.05 bits per heavy atom. The molecule has 0 unspecified atom stereocenters. The van der Waals surface area contributed by atoms with E-state index in [9.17, 15) is 9.18 Å². The Morgan fingerprint density at radius 1 is 1.37 bits per heavy atom. The fraction of sp³-hybridized carbons (Fsp3) is 0.500. The Labute approximate surface area is 117 Å². The van der Waals surface area contributed by atoms with E-state index in [-0.39, 0.29) is 23.0 Å². The molecule has 1 amide bonds. The summed E-state index contributed by atoms with van der Waals surface area (Å²) in [6.07, 6.45) is 0. The number of hydrogen-bond acceptors (Lipinski definition) is 3. The number of amides is 1. The highest BCUT2D eigenvalue weighted by Crippen LogP contribution is 2.22. The number of thioether (sulfide) groups is 1. The van der Waals surface area contributed by atoms with Crippen molar-refractivity contribution in [3.8, 4) is 5.75 Å². The number of halogens is 1. The summed E-state index contributed by atoms with van der Waals surface area (Å²) in [5, 5.41) is 2.74. The molecule has 0 saturated heterocycles. The van der Waals surface area contributed by atoms with Crippen molar-refractivity contribution in [2.45, 2.75) is 25.5 Å². The van der Waals surface area contributed by atoms with Crippen LogP contribution in [0.2, 0.25) is 0 Å². The van der Waals surface area contributed by atoms with Gasteiger partial charge in [-0.25, -0.2) is 4.39 Å². The molecule has 5 heteroatoms. The summed E-state index contributed by atoms with van der Waals surface area (Å²) in [5.74, 6) is 0.243. The van der Waals surface area contributed by atoms with Crippen molar-refractivity contribution in [1.29, 1.82) is 0 Å². The van der Waals surface area contributed by atoms with E-state index < -0.39 is 5.82 Å². The van der Waals surface area contributed by atoms with Gasteiger partial charge < -0.3 is 10.1 Å². The van der Waals surface area contributed by atoms with Gasteiger partial charge in [0.05, 0.1) is 0 Å². The maximum Gasteiger partial charge on any atom is 0.257 e. The molecular weight excluding hydrogens is 265 g/mol. The predicted octanol–water partition coefficient (Wildman–Crippen LogP) is 2.85. The first-order valence-corrected chi connectivity index (χ1v) is 7.15. The van der Waals surface area contributed by atoms with Crippen LogP contribution in [0.5, 0.6) is 5.75 Å². The molecule has 3 nitrogen and oxygen atoms in total. The van der Waals surface area contributed by atoms with Crippen LogP contribution in [0.15, 0.2) is 24.3 Å². The first kappa shape index (κ1) is 15.8. The van der Waals surface area contributed by atoms with Crippen molar-refractivity contribution >= 4 is 17.7 Å². The Morgan fingerprint density at radius 3 is 2.68 bits per heavy atom. The highest BCUT2D eigenvalue weighted by Gasteiger charge is 2.10. The van der Waals surface area contributed by atoms with E-state index in [0.717, 1.165) is 5.75 Å². The lowest BCUT2D eigenvalue weighted by Crippen LogP contribution is -2.31. The van der Waals surface area contributed by atoms with Crippen molar-refractivity contribution in [3.63, 3.8) is 0 Å². The van der Waals surface area contributed by atoms with Gasteiger partial charge in [-0.2, -0.15) is 11.8 Å². The van der Waals surface area contributed by atoms with E-state index in [2.05, 4.69) is 26.1 Å². The highest BCUT2D eigenvalue weighted by molar-refractivity contribution is 8.00. The second kappa shape index (κ2) is 7.38. The molecule has 0 heterocycles. The average molecular weight is 285 g/mol. The molecule has 1 N–H and O–H groups in total. The molecule has 0 aromatic heterocycles. The van der Waals surface area contributed by atoms with Gasteiger partial charge >= 0.3 is 0 Å². The third-order valence-corrected chi connectivity index (χ3v) is 3.43. The molecule has 0 aliphatic heterocycles. The van der Waals surface area contributed by atoms with Crippen molar-refractivity contribution in [2.75, 3.05) is 18.9 Å². The van der Waals surface area contributed by atoms with Crippen LogP contribution in [-0.4, -0.2) is 29.6 Å². The first-order chi connectivity index (χ1) is 8.88. The highest BCUT2D eigenvalue weighted by atomic mass is 32.2. The third kappa shape index (κ3) is 7.06. The Hall–Kier alpha value is -1.23. The summed E-state index contributed by atoms with van der Waals surface area (Å²) in [4.78, 5) is 11.5. The van der Waals surface area contributed by atoms with E-state index in [0.29, 0.717) is 6.54 Å². The average Bonchev–Trinajstić information content (AvgIpc) is 2.32. The normalized spacial score (nSPS) is 11.2. The minimum atomic E-state index is -0.460.